The Morgan fingerprint density at radius 2 is 2.31 bits per heavy atom. The Hall–Kier alpha value is -0.490. The van der Waals surface area contributed by atoms with Crippen molar-refractivity contribution in [1.82, 2.24) is 9.88 Å². The lowest BCUT2D eigenvalue weighted by Gasteiger charge is -2.36. The summed E-state index contributed by atoms with van der Waals surface area (Å²) in [5.74, 6) is 0. The van der Waals surface area contributed by atoms with Gasteiger partial charge in [-0.2, -0.15) is 0 Å². The van der Waals surface area contributed by atoms with Crippen molar-refractivity contribution in [1.29, 1.82) is 0 Å². The first-order valence-corrected chi connectivity index (χ1v) is 6.26. The lowest BCUT2D eigenvalue weighted by atomic mass is 10.0. The Morgan fingerprint density at radius 1 is 1.56 bits per heavy atom. The van der Waals surface area contributed by atoms with E-state index in [1.54, 1.807) is 18.4 Å². The highest BCUT2D eigenvalue weighted by atomic mass is 32.1. The second-order valence-corrected chi connectivity index (χ2v) is 5.08. The standard InChI is InChI=1S/C11H20N2O2S/c1-11(2,8-14)13(4-5-15-3)6-10-7-16-9-12-10/h7,9,14H,4-6,8H2,1-3H3. The molecule has 0 spiro atoms. The van der Waals surface area contributed by atoms with Crippen LogP contribution in [0.4, 0.5) is 0 Å². The predicted octanol–water partition coefficient (Wildman–Crippen LogP) is 1.36. The maximum absolute atomic E-state index is 9.39. The first-order valence-electron chi connectivity index (χ1n) is 5.32. The second kappa shape index (κ2) is 6.30. The monoisotopic (exact) mass is 244 g/mol. The van der Waals surface area contributed by atoms with E-state index in [2.05, 4.69) is 9.88 Å². The van der Waals surface area contributed by atoms with Crippen LogP contribution in [-0.2, 0) is 11.3 Å². The number of rotatable bonds is 7. The molecule has 0 atom stereocenters. The maximum atomic E-state index is 9.39. The average molecular weight is 244 g/mol. The molecule has 0 bridgehead atoms. The van der Waals surface area contributed by atoms with Crippen LogP contribution in [0.15, 0.2) is 10.9 Å². The van der Waals surface area contributed by atoms with Gasteiger partial charge in [0.05, 0.1) is 24.4 Å². The first-order chi connectivity index (χ1) is 7.60. The summed E-state index contributed by atoms with van der Waals surface area (Å²) in [4.78, 5) is 6.45. The molecule has 0 radical (unpaired) electrons. The maximum Gasteiger partial charge on any atom is 0.0795 e. The summed E-state index contributed by atoms with van der Waals surface area (Å²) in [7, 11) is 1.69. The van der Waals surface area contributed by atoms with Crippen LogP contribution in [0.2, 0.25) is 0 Å². The Labute approximate surface area is 101 Å². The highest BCUT2D eigenvalue weighted by Gasteiger charge is 2.26. The summed E-state index contributed by atoms with van der Waals surface area (Å²) in [6.07, 6.45) is 0. The van der Waals surface area contributed by atoms with Crippen molar-refractivity contribution >= 4 is 11.3 Å². The van der Waals surface area contributed by atoms with Crippen LogP contribution in [0.25, 0.3) is 0 Å². The molecule has 0 amide bonds. The van der Waals surface area contributed by atoms with Gasteiger partial charge in [-0.05, 0) is 13.8 Å². The molecule has 1 rings (SSSR count). The smallest absolute Gasteiger partial charge is 0.0795 e. The van der Waals surface area contributed by atoms with E-state index in [-0.39, 0.29) is 12.1 Å². The van der Waals surface area contributed by atoms with E-state index < -0.39 is 0 Å². The quantitative estimate of drug-likeness (QED) is 0.786. The topological polar surface area (TPSA) is 45.6 Å². The average Bonchev–Trinajstić information content (AvgIpc) is 2.76. The number of ether oxygens (including phenoxy) is 1. The van der Waals surface area contributed by atoms with Gasteiger partial charge in [-0.1, -0.05) is 0 Å². The molecule has 1 aromatic heterocycles. The molecule has 16 heavy (non-hydrogen) atoms. The zero-order chi connectivity index (χ0) is 12.0. The van der Waals surface area contributed by atoms with Gasteiger partial charge in [0.15, 0.2) is 0 Å². The van der Waals surface area contributed by atoms with Gasteiger partial charge in [0.2, 0.25) is 0 Å². The summed E-state index contributed by atoms with van der Waals surface area (Å²) in [5, 5.41) is 11.4. The zero-order valence-electron chi connectivity index (χ0n) is 10.1. The summed E-state index contributed by atoms with van der Waals surface area (Å²) in [6.45, 7) is 6.38. The van der Waals surface area contributed by atoms with Gasteiger partial charge in [-0.25, -0.2) is 4.98 Å². The largest absolute Gasteiger partial charge is 0.394 e. The fraction of sp³-hybridized carbons (Fsp3) is 0.727. The third-order valence-electron chi connectivity index (χ3n) is 2.64. The van der Waals surface area contributed by atoms with E-state index in [1.165, 1.54) is 0 Å². The Balaban J connectivity index is 2.63. The molecule has 1 N–H and O–H groups in total. The highest BCUT2D eigenvalue weighted by Crippen LogP contribution is 2.17. The lowest BCUT2D eigenvalue weighted by molar-refractivity contribution is 0.0291. The minimum atomic E-state index is -0.248. The molecule has 0 aliphatic carbocycles. The van der Waals surface area contributed by atoms with E-state index in [9.17, 15) is 5.11 Å². The van der Waals surface area contributed by atoms with Crippen molar-refractivity contribution in [2.75, 3.05) is 26.9 Å². The van der Waals surface area contributed by atoms with Gasteiger partial charge in [-0.15, -0.1) is 11.3 Å². The molecule has 0 unspecified atom stereocenters. The number of aliphatic hydroxyl groups is 1. The van der Waals surface area contributed by atoms with Crippen LogP contribution in [-0.4, -0.2) is 47.4 Å². The zero-order valence-corrected chi connectivity index (χ0v) is 11.0. The lowest BCUT2D eigenvalue weighted by Crippen LogP contribution is -2.47. The molecular formula is C11H20N2O2S. The van der Waals surface area contributed by atoms with Crippen molar-refractivity contribution in [3.8, 4) is 0 Å². The summed E-state index contributed by atoms with van der Waals surface area (Å²) in [6, 6.07) is 0. The van der Waals surface area contributed by atoms with Crippen molar-refractivity contribution in [2.24, 2.45) is 0 Å². The van der Waals surface area contributed by atoms with Gasteiger partial charge in [0, 0.05) is 31.1 Å². The van der Waals surface area contributed by atoms with E-state index in [0.29, 0.717) is 6.61 Å². The van der Waals surface area contributed by atoms with Crippen molar-refractivity contribution in [2.45, 2.75) is 25.9 Å². The predicted molar refractivity (Wildman–Crippen MR) is 65.6 cm³/mol. The molecule has 0 aliphatic rings. The van der Waals surface area contributed by atoms with Gasteiger partial charge in [0.1, 0.15) is 0 Å². The molecule has 0 aliphatic heterocycles. The molecular weight excluding hydrogens is 224 g/mol. The van der Waals surface area contributed by atoms with Crippen molar-refractivity contribution < 1.29 is 9.84 Å². The van der Waals surface area contributed by atoms with Gasteiger partial charge >= 0.3 is 0 Å². The minimum absolute atomic E-state index is 0.126. The van der Waals surface area contributed by atoms with Crippen LogP contribution in [0.3, 0.4) is 0 Å². The molecule has 0 fully saturated rings. The minimum Gasteiger partial charge on any atom is -0.394 e. The fourth-order valence-corrected chi connectivity index (χ4v) is 1.96. The SMILES string of the molecule is COCCN(Cc1cscn1)C(C)(C)CO. The number of methoxy groups -OCH3 is 1. The molecule has 0 saturated carbocycles. The number of hydrogen-bond acceptors (Lipinski definition) is 5. The van der Waals surface area contributed by atoms with Gasteiger partial charge in [-0.3, -0.25) is 4.90 Å². The van der Waals surface area contributed by atoms with E-state index in [1.807, 2.05) is 24.7 Å². The number of thiazole rings is 1. The van der Waals surface area contributed by atoms with Crippen LogP contribution < -0.4 is 0 Å². The summed E-state index contributed by atoms with van der Waals surface area (Å²) in [5.41, 5.74) is 2.63. The fourth-order valence-electron chi connectivity index (χ4n) is 1.41. The van der Waals surface area contributed by atoms with Crippen LogP contribution in [0, 0.1) is 0 Å². The molecule has 0 saturated heterocycles. The molecule has 1 heterocycles. The molecule has 0 aromatic carbocycles. The number of aliphatic hydroxyl groups excluding tert-OH is 1. The third kappa shape index (κ3) is 3.83. The first kappa shape index (κ1) is 13.6. The summed E-state index contributed by atoms with van der Waals surface area (Å²) < 4.78 is 5.09. The molecule has 5 heteroatoms. The number of hydrogen-bond donors (Lipinski definition) is 1. The second-order valence-electron chi connectivity index (χ2n) is 4.36. The van der Waals surface area contributed by atoms with E-state index in [0.717, 1.165) is 18.8 Å². The van der Waals surface area contributed by atoms with Gasteiger partial charge < -0.3 is 9.84 Å². The molecule has 1 aromatic rings. The van der Waals surface area contributed by atoms with Gasteiger partial charge in [0.25, 0.3) is 0 Å². The van der Waals surface area contributed by atoms with E-state index in [4.69, 9.17) is 4.74 Å². The Bertz CT molecular complexity index is 288. The molecule has 4 nitrogen and oxygen atoms in total. The van der Waals surface area contributed by atoms with Crippen LogP contribution >= 0.6 is 11.3 Å². The third-order valence-corrected chi connectivity index (χ3v) is 3.28. The number of aromatic nitrogens is 1. The molecule has 92 valence electrons. The van der Waals surface area contributed by atoms with Crippen LogP contribution in [0.5, 0.6) is 0 Å². The highest BCUT2D eigenvalue weighted by molar-refractivity contribution is 7.07. The Kier molecular flexibility index (Phi) is 5.34. The number of nitrogens with zero attached hydrogens (tertiary/aromatic N) is 2. The van der Waals surface area contributed by atoms with Crippen LogP contribution in [0.1, 0.15) is 19.5 Å². The van der Waals surface area contributed by atoms with Crippen molar-refractivity contribution in [3.05, 3.63) is 16.6 Å². The summed E-state index contributed by atoms with van der Waals surface area (Å²) >= 11 is 1.59. The van der Waals surface area contributed by atoms with E-state index >= 15 is 0 Å². The van der Waals surface area contributed by atoms with Crippen molar-refractivity contribution in [3.63, 3.8) is 0 Å². The normalized spacial score (nSPS) is 12.3. The Morgan fingerprint density at radius 3 is 2.81 bits per heavy atom.